The molecule has 1 heterocycles. The van der Waals surface area contributed by atoms with Gasteiger partial charge in [0.2, 0.25) is 11.9 Å². The van der Waals surface area contributed by atoms with Crippen LogP contribution < -0.4 is 15.4 Å². The van der Waals surface area contributed by atoms with Gasteiger partial charge in [-0.05, 0) is 32.0 Å². The summed E-state index contributed by atoms with van der Waals surface area (Å²) in [7, 11) is 3.71. The van der Waals surface area contributed by atoms with Gasteiger partial charge in [-0.3, -0.25) is 4.79 Å². The van der Waals surface area contributed by atoms with Crippen LogP contribution in [0, 0.1) is 0 Å². The van der Waals surface area contributed by atoms with Gasteiger partial charge in [0, 0.05) is 31.0 Å². The predicted molar refractivity (Wildman–Crippen MR) is 101 cm³/mol. The summed E-state index contributed by atoms with van der Waals surface area (Å²) in [4.78, 5) is 26.0. The molecule has 0 aliphatic heterocycles. The highest BCUT2D eigenvalue weighted by Crippen LogP contribution is 2.26. The van der Waals surface area contributed by atoms with Crippen LogP contribution in [0.25, 0.3) is 0 Å². The fraction of sp³-hybridized carbons (Fsp3) is 0.412. The number of Topliss-reactive ketones (excluding diaryl/α,β-unsaturated/α-hetero) is 1. The van der Waals surface area contributed by atoms with Gasteiger partial charge in [0.1, 0.15) is 11.6 Å². The minimum atomic E-state index is 0.0372. The summed E-state index contributed by atoms with van der Waals surface area (Å²) >= 11 is 1.63. The summed E-state index contributed by atoms with van der Waals surface area (Å²) < 4.78 is 5.65. The first-order chi connectivity index (χ1) is 11.9. The lowest BCUT2D eigenvalue weighted by atomic mass is 10.1. The fourth-order valence-corrected chi connectivity index (χ4v) is 3.01. The van der Waals surface area contributed by atoms with Crippen LogP contribution in [0.5, 0.6) is 5.75 Å². The molecule has 0 fully saturated rings. The lowest BCUT2D eigenvalue weighted by Gasteiger charge is -2.12. The Morgan fingerprint density at radius 2 is 2.00 bits per heavy atom. The molecule has 0 amide bonds. The van der Waals surface area contributed by atoms with Gasteiger partial charge in [-0.1, -0.05) is 0 Å². The number of hydrogen-bond donors (Lipinski definition) is 1. The molecular formula is C17H23N5O2S. The van der Waals surface area contributed by atoms with Crippen molar-refractivity contribution in [3.8, 4) is 5.75 Å². The number of nitrogens with zero attached hydrogens (tertiary/aromatic N) is 4. The van der Waals surface area contributed by atoms with Crippen LogP contribution in [-0.2, 0) is 11.5 Å². The number of carbonyl (C=O) groups excluding carboxylic acids is 1. The highest BCUT2D eigenvalue weighted by molar-refractivity contribution is 7.97. The maximum absolute atomic E-state index is 11.6. The third-order valence-corrected chi connectivity index (χ3v) is 4.32. The summed E-state index contributed by atoms with van der Waals surface area (Å²) in [6, 6.07) is 5.52. The topological polar surface area (TPSA) is 94.2 Å². The van der Waals surface area contributed by atoms with Crippen molar-refractivity contribution in [3.63, 3.8) is 0 Å². The third kappa shape index (κ3) is 5.32. The highest BCUT2D eigenvalue weighted by atomic mass is 32.2. The Labute approximate surface area is 152 Å². The lowest BCUT2D eigenvalue weighted by Crippen LogP contribution is -2.15. The van der Waals surface area contributed by atoms with Gasteiger partial charge < -0.3 is 15.4 Å². The van der Waals surface area contributed by atoms with Crippen LogP contribution in [0.2, 0.25) is 0 Å². The molecule has 1 aromatic carbocycles. The Morgan fingerprint density at radius 3 is 2.64 bits per heavy atom. The second-order valence-corrected chi connectivity index (χ2v) is 6.59. The van der Waals surface area contributed by atoms with Crippen molar-refractivity contribution < 1.29 is 9.53 Å². The number of ether oxygens (including phenoxy) is 1. The van der Waals surface area contributed by atoms with Crippen LogP contribution >= 0.6 is 11.8 Å². The Bertz CT molecular complexity index is 752. The van der Waals surface area contributed by atoms with Crippen molar-refractivity contribution in [2.75, 3.05) is 31.3 Å². The lowest BCUT2D eigenvalue weighted by molar-refractivity contribution is 0.101. The first-order valence-electron chi connectivity index (χ1n) is 7.92. The maximum atomic E-state index is 11.6. The molecule has 1 aromatic heterocycles. The average molecular weight is 361 g/mol. The second kappa shape index (κ2) is 8.66. The smallest absolute Gasteiger partial charge is 0.229 e. The van der Waals surface area contributed by atoms with Crippen molar-refractivity contribution in [3.05, 3.63) is 35.2 Å². The number of thioether (sulfide) groups is 1. The largest absolute Gasteiger partial charge is 0.494 e. The van der Waals surface area contributed by atoms with Gasteiger partial charge in [0.25, 0.3) is 0 Å². The molecule has 2 aromatic rings. The Morgan fingerprint density at radius 1 is 1.24 bits per heavy atom. The SMILES string of the molecule is CCOc1ccc(C(C)=O)cc1CSCc1nc(N)nc(N(C)C)n1. The average Bonchev–Trinajstić information content (AvgIpc) is 2.55. The zero-order valence-corrected chi connectivity index (χ0v) is 15.8. The molecular weight excluding hydrogens is 338 g/mol. The number of nitrogen functional groups attached to an aromatic ring is 1. The van der Waals surface area contributed by atoms with Crippen molar-refractivity contribution in [2.45, 2.75) is 25.4 Å². The molecule has 8 heteroatoms. The number of rotatable bonds is 8. The van der Waals surface area contributed by atoms with E-state index in [0.717, 1.165) is 11.3 Å². The molecule has 0 unspecified atom stereocenters. The van der Waals surface area contributed by atoms with Gasteiger partial charge in [-0.2, -0.15) is 15.0 Å². The molecule has 0 aliphatic carbocycles. The summed E-state index contributed by atoms with van der Waals surface area (Å²) in [6.07, 6.45) is 0. The van der Waals surface area contributed by atoms with Crippen molar-refractivity contribution >= 4 is 29.4 Å². The zero-order valence-electron chi connectivity index (χ0n) is 14.9. The van der Waals surface area contributed by atoms with Crippen molar-refractivity contribution in [1.82, 2.24) is 15.0 Å². The van der Waals surface area contributed by atoms with Crippen LogP contribution in [0.3, 0.4) is 0 Å². The van der Waals surface area contributed by atoms with E-state index in [0.29, 0.717) is 35.4 Å². The van der Waals surface area contributed by atoms with Gasteiger partial charge in [-0.25, -0.2) is 0 Å². The first kappa shape index (κ1) is 19.0. The van der Waals surface area contributed by atoms with E-state index >= 15 is 0 Å². The van der Waals surface area contributed by atoms with E-state index in [9.17, 15) is 4.79 Å². The second-order valence-electron chi connectivity index (χ2n) is 5.61. The van der Waals surface area contributed by atoms with E-state index in [2.05, 4.69) is 15.0 Å². The van der Waals surface area contributed by atoms with Crippen LogP contribution in [-0.4, -0.2) is 41.4 Å². The number of hydrogen-bond acceptors (Lipinski definition) is 8. The Balaban J connectivity index is 2.10. The minimum Gasteiger partial charge on any atom is -0.494 e. The molecule has 0 spiro atoms. The van der Waals surface area contributed by atoms with Crippen LogP contribution in [0.1, 0.15) is 35.6 Å². The number of carbonyl (C=O) groups is 1. The van der Waals surface area contributed by atoms with E-state index in [1.54, 1.807) is 29.7 Å². The molecule has 7 nitrogen and oxygen atoms in total. The molecule has 134 valence electrons. The molecule has 0 atom stereocenters. The van der Waals surface area contributed by atoms with Gasteiger partial charge in [0.15, 0.2) is 5.78 Å². The zero-order chi connectivity index (χ0) is 18.4. The third-order valence-electron chi connectivity index (χ3n) is 3.34. The molecule has 0 bridgehead atoms. The summed E-state index contributed by atoms with van der Waals surface area (Å²) in [5, 5.41) is 0. The van der Waals surface area contributed by atoms with E-state index in [-0.39, 0.29) is 11.7 Å². The van der Waals surface area contributed by atoms with Gasteiger partial charge >= 0.3 is 0 Å². The molecule has 25 heavy (non-hydrogen) atoms. The van der Waals surface area contributed by atoms with E-state index < -0.39 is 0 Å². The molecule has 0 aliphatic rings. The van der Waals surface area contributed by atoms with Crippen LogP contribution in [0.4, 0.5) is 11.9 Å². The Kier molecular flexibility index (Phi) is 6.58. The summed E-state index contributed by atoms with van der Waals surface area (Å²) in [5.74, 6) is 3.48. The monoisotopic (exact) mass is 361 g/mol. The molecule has 2 N–H and O–H groups in total. The molecule has 2 rings (SSSR count). The highest BCUT2D eigenvalue weighted by Gasteiger charge is 2.10. The van der Waals surface area contributed by atoms with E-state index in [1.165, 1.54) is 0 Å². The van der Waals surface area contributed by atoms with Gasteiger partial charge in [-0.15, -0.1) is 11.8 Å². The number of aromatic nitrogens is 3. The normalized spacial score (nSPS) is 10.6. The van der Waals surface area contributed by atoms with E-state index in [4.69, 9.17) is 10.5 Å². The fourth-order valence-electron chi connectivity index (χ4n) is 2.15. The van der Waals surface area contributed by atoms with Crippen LogP contribution in [0.15, 0.2) is 18.2 Å². The quantitative estimate of drug-likeness (QED) is 0.717. The van der Waals surface area contributed by atoms with Crippen molar-refractivity contribution in [1.29, 1.82) is 0 Å². The summed E-state index contributed by atoms with van der Waals surface area (Å²) in [5.41, 5.74) is 7.40. The van der Waals surface area contributed by atoms with Crippen molar-refractivity contribution in [2.24, 2.45) is 0 Å². The summed E-state index contributed by atoms with van der Waals surface area (Å²) in [6.45, 7) is 4.07. The molecule has 0 saturated carbocycles. The number of benzene rings is 1. The number of anilines is 2. The predicted octanol–water partition coefficient (Wildman–Crippen LogP) is 2.55. The van der Waals surface area contributed by atoms with Gasteiger partial charge in [0.05, 0.1) is 12.4 Å². The maximum Gasteiger partial charge on any atom is 0.229 e. The first-order valence-corrected chi connectivity index (χ1v) is 9.08. The molecule has 0 radical (unpaired) electrons. The standard InChI is InChI=1S/C17H23N5O2S/c1-5-24-14-7-6-12(11(2)23)8-13(14)9-25-10-15-19-16(18)21-17(20-15)22(3)4/h6-8H,5,9-10H2,1-4H3,(H2,18,19,20,21). The van der Waals surface area contributed by atoms with E-state index in [1.807, 2.05) is 33.2 Å². The number of nitrogens with two attached hydrogens (primary N) is 1. The molecule has 0 saturated heterocycles. The minimum absolute atomic E-state index is 0.0372. The Hall–Kier alpha value is -2.35. The number of ketones is 1.